The van der Waals surface area contributed by atoms with E-state index < -0.39 is 0 Å². The van der Waals surface area contributed by atoms with Gasteiger partial charge in [-0.1, -0.05) is 17.7 Å². The molecule has 1 aromatic heterocycles. The second-order valence-electron chi connectivity index (χ2n) is 6.26. The maximum Gasteiger partial charge on any atom is 0.237 e. The van der Waals surface area contributed by atoms with Crippen LogP contribution in [0.15, 0.2) is 18.3 Å². The number of pyridine rings is 1. The summed E-state index contributed by atoms with van der Waals surface area (Å²) in [5.41, 5.74) is 1.18. The molecule has 1 atom stereocenters. The van der Waals surface area contributed by atoms with E-state index in [-0.39, 0.29) is 11.9 Å². The van der Waals surface area contributed by atoms with Crippen LogP contribution in [0.2, 0.25) is 5.15 Å². The van der Waals surface area contributed by atoms with Crippen molar-refractivity contribution in [3.8, 4) is 0 Å². The van der Waals surface area contributed by atoms with Gasteiger partial charge in [0, 0.05) is 45.0 Å². The summed E-state index contributed by atoms with van der Waals surface area (Å²) in [6, 6.07) is 4.26. The molecule has 1 saturated carbocycles. The lowest BCUT2D eigenvalue weighted by Gasteiger charge is -2.37. The lowest BCUT2D eigenvalue weighted by molar-refractivity contribution is -0.126. The number of hydrogen-bond acceptors (Lipinski definition) is 4. The van der Waals surface area contributed by atoms with Crippen LogP contribution >= 0.6 is 11.6 Å². The zero-order valence-corrected chi connectivity index (χ0v) is 13.7. The molecular weight excluding hydrogens is 300 g/mol. The Labute approximate surface area is 136 Å². The van der Waals surface area contributed by atoms with Crippen molar-refractivity contribution in [3.63, 3.8) is 0 Å². The van der Waals surface area contributed by atoms with Gasteiger partial charge in [-0.15, -0.1) is 0 Å². The summed E-state index contributed by atoms with van der Waals surface area (Å²) in [6.45, 7) is 6.71. The fourth-order valence-electron chi connectivity index (χ4n) is 2.78. The van der Waals surface area contributed by atoms with Crippen LogP contribution in [0.5, 0.6) is 0 Å². The summed E-state index contributed by atoms with van der Waals surface area (Å²) in [7, 11) is 0. The highest BCUT2D eigenvalue weighted by Gasteiger charge is 2.29. The molecule has 1 N–H and O–H groups in total. The number of piperazine rings is 1. The van der Waals surface area contributed by atoms with E-state index in [9.17, 15) is 4.79 Å². The monoisotopic (exact) mass is 322 g/mol. The number of amides is 1. The fourth-order valence-corrected chi connectivity index (χ4v) is 2.89. The lowest BCUT2D eigenvalue weighted by Crippen LogP contribution is -2.53. The van der Waals surface area contributed by atoms with E-state index in [1.54, 1.807) is 0 Å². The van der Waals surface area contributed by atoms with Crippen LogP contribution in [0.4, 0.5) is 0 Å². The molecular formula is C16H23ClN4O. The van der Waals surface area contributed by atoms with Gasteiger partial charge >= 0.3 is 0 Å². The molecule has 0 bridgehead atoms. The van der Waals surface area contributed by atoms with Gasteiger partial charge in [-0.2, -0.15) is 0 Å². The second-order valence-corrected chi connectivity index (χ2v) is 6.65. The third-order valence-electron chi connectivity index (χ3n) is 4.45. The largest absolute Gasteiger partial charge is 0.352 e. The smallest absolute Gasteiger partial charge is 0.237 e. The fraction of sp³-hybridized carbons (Fsp3) is 0.625. The molecule has 2 heterocycles. The predicted molar refractivity (Wildman–Crippen MR) is 86.7 cm³/mol. The first-order chi connectivity index (χ1) is 10.6. The van der Waals surface area contributed by atoms with Crippen molar-refractivity contribution < 1.29 is 4.79 Å². The number of aromatic nitrogens is 1. The Balaban J connectivity index is 1.45. The zero-order valence-electron chi connectivity index (χ0n) is 13.0. The van der Waals surface area contributed by atoms with Gasteiger partial charge in [0.2, 0.25) is 5.91 Å². The molecule has 3 rings (SSSR count). The average Bonchev–Trinajstić information content (AvgIpc) is 3.33. The minimum absolute atomic E-state index is 0.0278. The second kappa shape index (κ2) is 6.94. The quantitative estimate of drug-likeness (QED) is 0.835. The Morgan fingerprint density at radius 1 is 1.36 bits per heavy atom. The summed E-state index contributed by atoms with van der Waals surface area (Å²) >= 11 is 5.81. The molecule has 1 unspecified atom stereocenters. The van der Waals surface area contributed by atoms with Crippen molar-refractivity contribution in [2.75, 3.05) is 26.2 Å². The first-order valence-corrected chi connectivity index (χ1v) is 8.37. The Morgan fingerprint density at radius 2 is 2.09 bits per heavy atom. The molecule has 0 aromatic carbocycles. The van der Waals surface area contributed by atoms with E-state index in [0.29, 0.717) is 11.2 Å². The van der Waals surface area contributed by atoms with Crippen molar-refractivity contribution in [3.05, 3.63) is 29.0 Å². The van der Waals surface area contributed by atoms with Crippen molar-refractivity contribution in [1.82, 2.24) is 20.1 Å². The van der Waals surface area contributed by atoms with Crippen LogP contribution in [-0.4, -0.2) is 59.0 Å². The number of carbonyl (C=O) groups excluding carboxylic acids is 1. The summed E-state index contributed by atoms with van der Waals surface area (Å²) in [6.07, 6.45) is 4.11. The van der Waals surface area contributed by atoms with Gasteiger partial charge in [0.1, 0.15) is 5.15 Å². The van der Waals surface area contributed by atoms with Crippen LogP contribution < -0.4 is 5.32 Å². The highest BCUT2D eigenvalue weighted by molar-refractivity contribution is 6.29. The van der Waals surface area contributed by atoms with Gasteiger partial charge in [-0.25, -0.2) is 4.98 Å². The number of nitrogens with one attached hydrogen (secondary N) is 1. The minimum Gasteiger partial charge on any atom is -0.352 e. The van der Waals surface area contributed by atoms with E-state index in [2.05, 4.69) is 20.1 Å². The van der Waals surface area contributed by atoms with Gasteiger partial charge in [-0.05, 0) is 31.4 Å². The van der Waals surface area contributed by atoms with Crippen LogP contribution in [-0.2, 0) is 11.3 Å². The molecule has 1 aromatic rings. The molecule has 1 saturated heterocycles. The van der Waals surface area contributed by atoms with E-state index in [4.69, 9.17) is 11.6 Å². The Kier molecular flexibility index (Phi) is 4.96. The maximum atomic E-state index is 12.1. The molecule has 0 spiro atoms. The normalized spacial score (nSPS) is 21.5. The molecule has 1 amide bonds. The highest BCUT2D eigenvalue weighted by Crippen LogP contribution is 2.19. The molecule has 0 radical (unpaired) electrons. The number of hydrogen-bond donors (Lipinski definition) is 1. The van der Waals surface area contributed by atoms with Crippen LogP contribution in [0, 0.1) is 0 Å². The number of halogens is 1. The predicted octanol–water partition coefficient (Wildman–Crippen LogP) is 1.52. The Morgan fingerprint density at radius 3 is 2.68 bits per heavy atom. The number of rotatable bonds is 5. The van der Waals surface area contributed by atoms with Gasteiger partial charge in [0.05, 0.1) is 6.04 Å². The first-order valence-electron chi connectivity index (χ1n) is 7.99. The van der Waals surface area contributed by atoms with E-state index in [1.807, 2.05) is 25.3 Å². The van der Waals surface area contributed by atoms with E-state index in [1.165, 1.54) is 5.56 Å². The van der Waals surface area contributed by atoms with Crippen LogP contribution in [0.1, 0.15) is 25.3 Å². The third kappa shape index (κ3) is 4.18. The van der Waals surface area contributed by atoms with Gasteiger partial charge in [0.25, 0.3) is 0 Å². The summed E-state index contributed by atoms with van der Waals surface area (Å²) in [5.74, 6) is 0.179. The van der Waals surface area contributed by atoms with Gasteiger partial charge in [-0.3, -0.25) is 14.6 Å². The Hall–Kier alpha value is -1.17. The average molecular weight is 323 g/mol. The summed E-state index contributed by atoms with van der Waals surface area (Å²) in [5, 5.41) is 3.62. The Bertz CT molecular complexity index is 509. The first kappa shape index (κ1) is 15.7. The molecule has 1 aliphatic carbocycles. The molecule has 120 valence electrons. The van der Waals surface area contributed by atoms with Crippen molar-refractivity contribution >= 4 is 17.5 Å². The zero-order chi connectivity index (χ0) is 15.5. The van der Waals surface area contributed by atoms with Gasteiger partial charge < -0.3 is 5.32 Å². The van der Waals surface area contributed by atoms with Crippen molar-refractivity contribution in [2.45, 2.75) is 38.4 Å². The standard InChI is InChI=1S/C16H23ClN4O/c1-12(16(22)19-14-3-4-14)21-8-6-20(7-9-21)11-13-2-5-15(17)18-10-13/h2,5,10,12,14H,3-4,6-9,11H2,1H3,(H,19,22). The third-order valence-corrected chi connectivity index (χ3v) is 4.68. The molecule has 5 nitrogen and oxygen atoms in total. The van der Waals surface area contributed by atoms with Gasteiger partial charge in [0.15, 0.2) is 0 Å². The molecule has 1 aliphatic heterocycles. The van der Waals surface area contributed by atoms with E-state index >= 15 is 0 Å². The topological polar surface area (TPSA) is 48.5 Å². The van der Waals surface area contributed by atoms with Crippen LogP contribution in [0.3, 0.4) is 0 Å². The van der Waals surface area contributed by atoms with Crippen LogP contribution in [0.25, 0.3) is 0 Å². The van der Waals surface area contributed by atoms with E-state index in [0.717, 1.165) is 45.6 Å². The molecule has 22 heavy (non-hydrogen) atoms. The maximum absolute atomic E-state index is 12.1. The van der Waals surface area contributed by atoms with Crippen molar-refractivity contribution in [2.24, 2.45) is 0 Å². The minimum atomic E-state index is -0.0278. The highest BCUT2D eigenvalue weighted by atomic mass is 35.5. The SMILES string of the molecule is CC(C(=O)NC1CC1)N1CCN(Cc2ccc(Cl)nc2)CC1. The number of nitrogens with zero attached hydrogens (tertiary/aromatic N) is 3. The molecule has 6 heteroatoms. The summed E-state index contributed by atoms with van der Waals surface area (Å²) in [4.78, 5) is 20.9. The molecule has 2 fully saturated rings. The van der Waals surface area contributed by atoms with Crippen molar-refractivity contribution in [1.29, 1.82) is 0 Å². The molecule has 2 aliphatic rings. The lowest BCUT2D eigenvalue weighted by atomic mass is 10.2. The number of carbonyl (C=O) groups is 1. The summed E-state index contributed by atoms with van der Waals surface area (Å²) < 4.78 is 0.